The number of hydrogen-bond donors (Lipinski definition) is 2. The van der Waals surface area contributed by atoms with Crippen LogP contribution >= 0.6 is 0 Å². The van der Waals surface area contributed by atoms with Crippen LogP contribution in [0, 0.1) is 5.92 Å². The van der Waals surface area contributed by atoms with E-state index in [0.717, 1.165) is 32.1 Å². The molecule has 0 aromatic carbocycles. The molecule has 0 aromatic heterocycles. The predicted molar refractivity (Wildman–Crippen MR) is 111 cm³/mol. The molecule has 8 heteroatoms. The third kappa shape index (κ3) is 5.48. The smallest absolute Gasteiger partial charge is 0.339 e. The Balaban J connectivity index is 2.08. The molecule has 2 heterocycles. The Bertz CT molecular complexity index is 577. The molecule has 2 unspecified atom stereocenters. The first-order valence-electron chi connectivity index (χ1n) is 11.2. The molecule has 0 aliphatic carbocycles. The summed E-state index contributed by atoms with van der Waals surface area (Å²) in [6.07, 6.45) is 4.05. The Morgan fingerprint density at radius 2 is 1.62 bits per heavy atom. The van der Waals surface area contributed by atoms with E-state index in [0.29, 0.717) is 13.0 Å². The average Bonchev–Trinajstić information content (AvgIpc) is 3.35. The van der Waals surface area contributed by atoms with Gasteiger partial charge in [0.05, 0.1) is 31.8 Å². The van der Waals surface area contributed by atoms with Gasteiger partial charge >= 0.3 is 6.03 Å². The van der Waals surface area contributed by atoms with E-state index in [2.05, 4.69) is 19.2 Å². The summed E-state index contributed by atoms with van der Waals surface area (Å²) in [7, 11) is 0. The molecule has 0 bridgehead atoms. The summed E-state index contributed by atoms with van der Waals surface area (Å²) in [5.74, 6) is -0.155. The number of hydrogen-bond acceptors (Lipinski definition) is 5. The minimum Gasteiger partial charge on any atom is -0.389 e. The number of hydrazine groups is 1. The van der Waals surface area contributed by atoms with Crippen LogP contribution < -0.4 is 5.32 Å². The van der Waals surface area contributed by atoms with Gasteiger partial charge in [-0.2, -0.15) is 0 Å². The van der Waals surface area contributed by atoms with Crippen molar-refractivity contribution in [3.8, 4) is 0 Å². The number of Topliss-reactive ketones (excluding diaryl/α,β-unsaturated/α-hetero) is 1. The molecule has 166 valence electrons. The number of amides is 3. The number of rotatable bonds is 9. The van der Waals surface area contributed by atoms with Crippen LogP contribution in [-0.4, -0.2) is 82.1 Å². The molecule has 2 N–H and O–H groups in total. The maximum atomic E-state index is 13.2. The molecule has 2 aliphatic heterocycles. The number of nitrogens with zero attached hydrogens (tertiary/aromatic N) is 3. The molecular weight excluding hydrogens is 372 g/mol. The Labute approximate surface area is 174 Å². The lowest BCUT2D eigenvalue weighted by molar-refractivity contribution is -0.140. The van der Waals surface area contributed by atoms with E-state index in [1.165, 1.54) is 10.0 Å². The minimum absolute atomic E-state index is 0.0421. The van der Waals surface area contributed by atoms with Gasteiger partial charge in [0.2, 0.25) is 0 Å². The number of aliphatic hydroxyl groups is 1. The molecule has 3 amide bonds. The van der Waals surface area contributed by atoms with Gasteiger partial charge in [-0.3, -0.25) is 9.59 Å². The summed E-state index contributed by atoms with van der Waals surface area (Å²) in [5.41, 5.74) is 0. The highest BCUT2D eigenvalue weighted by atomic mass is 16.3. The Hall–Kier alpha value is -1.67. The fraction of sp³-hybridized carbons (Fsp3) is 0.857. The maximum Gasteiger partial charge on any atom is 0.339 e. The lowest BCUT2D eigenvalue weighted by atomic mass is 9.92. The third-order valence-corrected chi connectivity index (χ3v) is 6.31. The molecule has 2 fully saturated rings. The van der Waals surface area contributed by atoms with E-state index in [1.54, 1.807) is 4.90 Å². The van der Waals surface area contributed by atoms with Gasteiger partial charge in [-0.1, -0.05) is 27.7 Å². The summed E-state index contributed by atoms with van der Waals surface area (Å²) in [6, 6.07) is -0.528. The van der Waals surface area contributed by atoms with Crippen molar-refractivity contribution in [2.45, 2.75) is 84.4 Å². The third-order valence-electron chi connectivity index (χ3n) is 6.31. The topological polar surface area (TPSA) is 93.2 Å². The molecule has 8 nitrogen and oxygen atoms in total. The molecule has 29 heavy (non-hydrogen) atoms. The van der Waals surface area contributed by atoms with Crippen LogP contribution in [0.4, 0.5) is 4.79 Å². The number of aliphatic hydroxyl groups excluding tert-OH is 1. The first-order chi connectivity index (χ1) is 13.9. The van der Waals surface area contributed by atoms with Gasteiger partial charge < -0.3 is 15.3 Å². The summed E-state index contributed by atoms with van der Waals surface area (Å²) in [4.78, 5) is 40.5. The van der Waals surface area contributed by atoms with Crippen molar-refractivity contribution < 1.29 is 19.5 Å². The Kier molecular flexibility index (Phi) is 8.89. The van der Waals surface area contributed by atoms with Crippen molar-refractivity contribution in [3.63, 3.8) is 0 Å². The molecule has 0 saturated carbocycles. The van der Waals surface area contributed by atoms with Crippen molar-refractivity contribution in [1.29, 1.82) is 0 Å². The monoisotopic (exact) mass is 410 g/mol. The van der Waals surface area contributed by atoms with Crippen LogP contribution in [0.5, 0.6) is 0 Å². The number of carbonyl (C=O) groups is 3. The summed E-state index contributed by atoms with van der Waals surface area (Å²) >= 11 is 0. The van der Waals surface area contributed by atoms with E-state index in [4.69, 9.17) is 0 Å². The molecule has 0 spiro atoms. The Morgan fingerprint density at radius 1 is 1.00 bits per heavy atom. The normalized spacial score (nSPS) is 22.2. The number of β-amino-alcohol motifs (C(OH)–C–C–N with tert-alkyl or cyclic N) is 1. The van der Waals surface area contributed by atoms with Gasteiger partial charge in [-0.05, 0) is 38.5 Å². The van der Waals surface area contributed by atoms with Crippen molar-refractivity contribution in [2.75, 3.05) is 26.2 Å². The highest BCUT2D eigenvalue weighted by molar-refractivity contribution is 5.91. The largest absolute Gasteiger partial charge is 0.389 e. The van der Waals surface area contributed by atoms with Crippen molar-refractivity contribution in [1.82, 2.24) is 20.2 Å². The van der Waals surface area contributed by atoms with E-state index in [9.17, 15) is 19.5 Å². The van der Waals surface area contributed by atoms with Crippen LogP contribution in [0.2, 0.25) is 0 Å². The highest BCUT2D eigenvalue weighted by Gasteiger charge is 2.43. The molecule has 2 rings (SSSR count). The second-order valence-corrected chi connectivity index (χ2v) is 8.16. The number of likely N-dealkylation sites (tertiary alicyclic amines) is 1. The van der Waals surface area contributed by atoms with Crippen LogP contribution in [0.1, 0.15) is 66.2 Å². The predicted octanol–water partition coefficient (Wildman–Crippen LogP) is 1.77. The fourth-order valence-electron chi connectivity index (χ4n) is 4.38. The zero-order valence-electron chi connectivity index (χ0n) is 18.4. The van der Waals surface area contributed by atoms with E-state index in [-0.39, 0.29) is 49.3 Å². The molecular formula is C21H38N4O4. The highest BCUT2D eigenvalue weighted by Crippen LogP contribution is 2.26. The van der Waals surface area contributed by atoms with Crippen LogP contribution in [0.15, 0.2) is 0 Å². The lowest BCUT2D eigenvalue weighted by Gasteiger charge is -2.34. The second-order valence-electron chi connectivity index (χ2n) is 8.16. The zero-order valence-corrected chi connectivity index (χ0v) is 18.4. The van der Waals surface area contributed by atoms with Crippen molar-refractivity contribution in [3.05, 3.63) is 0 Å². The number of ketones is 1. The number of carbonyl (C=O) groups excluding carboxylic acids is 3. The first kappa shape index (κ1) is 23.6. The lowest BCUT2D eigenvalue weighted by Crippen LogP contribution is -2.55. The van der Waals surface area contributed by atoms with E-state index in [1.807, 2.05) is 13.8 Å². The quantitative estimate of drug-likeness (QED) is 0.604. The van der Waals surface area contributed by atoms with Gasteiger partial charge in [-0.15, -0.1) is 0 Å². The van der Waals surface area contributed by atoms with Gasteiger partial charge in [-0.25, -0.2) is 14.8 Å². The van der Waals surface area contributed by atoms with Crippen LogP contribution in [-0.2, 0) is 9.59 Å². The number of urea groups is 1. The van der Waals surface area contributed by atoms with E-state index < -0.39 is 12.1 Å². The molecule has 2 atom stereocenters. The van der Waals surface area contributed by atoms with Gasteiger partial charge in [0.1, 0.15) is 0 Å². The summed E-state index contributed by atoms with van der Waals surface area (Å²) in [5, 5.41) is 16.0. The van der Waals surface area contributed by atoms with Gasteiger partial charge in [0.25, 0.3) is 5.91 Å². The van der Waals surface area contributed by atoms with Gasteiger partial charge in [0.15, 0.2) is 5.78 Å². The molecule has 2 saturated heterocycles. The SMILES string of the molecule is CCC(CC)NCC(=O)N1CC(O)CN1C(=O)N1CCCC1C(=O)C(CC)CC. The van der Waals surface area contributed by atoms with Crippen LogP contribution in [0.3, 0.4) is 0 Å². The standard InChI is InChI=1S/C21H38N4O4/c1-5-15(6-2)20(28)18-10-9-11-23(18)21(29)25-14-17(26)13-24(25)19(27)12-22-16(7-3)8-4/h15-18,22,26H,5-14H2,1-4H3. The van der Waals surface area contributed by atoms with Crippen molar-refractivity contribution >= 4 is 17.7 Å². The second kappa shape index (κ2) is 10.9. The van der Waals surface area contributed by atoms with Gasteiger partial charge in [0, 0.05) is 18.5 Å². The average molecular weight is 411 g/mol. The molecule has 0 aromatic rings. The molecule has 2 aliphatic rings. The minimum atomic E-state index is -0.771. The number of nitrogens with one attached hydrogen (secondary N) is 1. The van der Waals surface area contributed by atoms with Crippen LogP contribution in [0.25, 0.3) is 0 Å². The van der Waals surface area contributed by atoms with Crippen molar-refractivity contribution in [2.24, 2.45) is 5.92 Å². The Morgan fingerprint density at radius 3 is 2.21 bits per heavy atom. The first-order valence-corrected chi connectivity index (χ1v) is 11.2. The van der Waals surface area contributed by atoms with E-state index >= 15 is 0 Å². The summed E-state index contributed by atoms with van der Waals surface area (Å²) < 4.78 is 0. The zero-order chi connectivity index (χ0) is 21.6. The maximum absolute atomic E-state index is 13.2. The summed E-state index contributed by atoms with van der Waals surface area (Å²) in [6.45, 7) is 8.94. The fourth-order valence-corrected chi connectivity index (χ4v) is 4.38. The molecule has 0 radical (unpaired) electrons.